The van der Waals surface area contributed by atoms with Gasteiger partial charge in [-0.05, 0) is 48.6 Å². The molecule has 25 heavy (non-hydrogen) atoms. The second-order valence-corrected chi connectivity index (χ2v) is 7.84. The zero-order valence-electron chi connectivity index (χ0n) is 14.6. The second-order valence-electron chi connectivity index (χ2n) is 7.84. The predicted octanol–water partition coefficient (Wildman–Crippen LogP) is 2.81. The molecule has 2 atom stereocenters. The maximum absolute atomic E-state index is 12.6. The van der Waals surface area contributed by atoms with Crippen molar-refractivity contribution < 1.29 is 9.59 Å². The van der Waals surface area contributed by atoms with Crippen molar-refractivity contribution in [3.8, 4) is 0 Å². The second kappa shape index (κ2) is 6.70. The van der Waals surface area contributed by atoms with E-state index < -0.39 is 6.04 Å². The van der Waals surface area contributed by atoms with Gasteiger partial charge in [0.15, 0.2) is 0 Å². The summed E-state index contributed by atoms with van der Waals surface area (Å²) in [5.74, 6) is -0.0689. The molecule has 1 aromatic carbocycles. The number of piperidine rings is 1. The van der Waals surface area contributed by atoms with Crippen LogP contribution in [-0.2, 0) is 11.2 Å². The first-order valence-corrected chi connectivity index (χ1v) is 9.60. The lowest BCUT2D eigenvalue weighted by atomic mass is 9.69. The largest absolute Gasteiger partial charge is 0.354 e. The molecular weight excluding hydrogens is 314 g/mol. The number of benzene rings is 1. The fraction of sp³-hybridized carbons (Fsp3) is 0.600. The first kappa shape index (κ1) is 16.4. The molecule has 2 aliphatic carbocycles. The number of urea groups is 1. The summed E-state index contributed by atoms with van der Waals surface area (Å²) in [6.07, 6.45) is 8.76. The van der Waals surface area contributed by atoms with Crippen LogP contribution in [-0.4, -0.2) is 24.5 Å². The van der Waals surface area contributed by atoms with Crippen LogP contribution in [0.4, 0.5) is 4.79 Å². The first-order valence-electron chi connectivity index (χ1n) is 9.60. The SMILES string of the molecule is O=C(NC1CCCNC1=O)NC1c2ccccc2CC12CCCCC2. The van der Waals surface area contributed by atoms with Crippen LogP contribution in [0.5, 0.6) is 0 Å². The highest BCUT2D eigenvalue weighted by atomic mass is 16.2. The van der Waals surface area contributed by atoms with E-state index in [2.05, 4.69) is 40.2 Å². The molecule has 1 saturated heterocycles. The lowest BCUT2D eigenvalue weighted by Crippen LogP contribution is -2.54. The first-order chi connectivity index (χ1) is 12.2. The van der Waals surface area contributed by atoms with Gasteiger partial charge in [-0.3, -0.25) is 4.79 Å². The molecule has 0 bridgehead atoms. The average molecular weight is 341 g/mol. The molecule has 1 aliphatic heterocycles. The summed E-state index contributed by atoms with van der Waals surface area (Å²) in [4.78, 5) is 24.6. The third kappa shape index (κ3) is 3.12. The molecule has 134 valence electrons. The molecule has 1 saturated carbocycles. The van der Waals surface area contributed by atoms with Gasteiger partial charge >= 0.3 is 6.03 Å². The molecule has 0 aromatic heterocycles. The van der Waals surface area contributed by atoms with Crippen LogP contribution in [0.3, 0.4) is 0 Å². The Kier molecular flexibility index (Phi) is 4.40. The Bertz CT molecular complexity index is 667. The van der Waals surface area contributed by atoms with E-state index in [4.69, 9.17) is 0 Å². The molecule has 3 N–H and O–H groups in total. The highest BCUT2D eigenvalue weighted by Crippen LogP contribution is 2.53. The minimum Gasteiger partial charge on any atom is -0.354 e. The number of carbonyl (C=O) groups excluding carboxylic acids is 2. The van der Waals surface area contributed by atoms with E-state index in [1.54, 1.807) is 0 Å². The lowest BCUT2D eigenvalue weighted by Gasteiger charge is -2.39. The number of carbonyl (C=O) groups is 2. The van der Waals surface area contributed by atoms with Crippen molar-refractivity contribution in [3.05, 3.63) is 35.4 Å². The standard InChI is InChI=1S/C20H27N3O2/c24-18-16(9-6-12-21-18)22-19(25)23-17-15-8-3-2-7-14(15)13-20(17)10-4-1-5-11-20/h2-3,7-8,16-17H,1,4-6,9-13H2,(H,21,24)(H2,22,23,25). The molecule has 5 heteroatoms. The van der Waals surface area contributed by atoms with Gasteiger partial charge in [0, 0.05) is 6.54 Å². The summed E-state index contributed by atoms with van der Waals surface area (Å²) >= 11 is 0. The van der Waals surface area contributed by atoms with Gasteiger partial charge in [-0.2, -0.15) is 0 Å². The van der Waals surface area contributed by atoms with Crippen molar-refractivity contribution in [2.45, 2.75) is 63.5 Å². The Morgan fingerprint density at radius 1 is 1.08 bits per heavy atom. The van der Waals surface area contributed by atoms with Crippen LogP contribution in [0.15, 0.2) is 24.3 Å². The lowest BCUT2D eigenvalue weighted by molar-refractivity contribution is -0.124. The normalized spacial score (nSPS) is 27.4. The zero-order valence-corrected chi connectivity index (χ0v) is 14.6. The summed E-state index contributed by atoms with van der Waals surface area (Å²) in [6.45, 7) is 0.706. The fourth-order valence-electron chi connectivity index (χ4n) is 4.98. The number of amides is 3. The summed E-state index contributed by atoms with van der Waals surface area (Å²) in [7, 11) is 0. The van der Waals surface area contributed by atoms with Crippen molar-refractivity contribution in [3.63, 3.8) is 0 Å². The molecule has 1 spiro atoms. The van der Waals surface area contributed by atoms with Crippen molar-refractivity contribution in [2.24, 2.45) is 5.41 Å². The van der Waals surface area contributed by atoms with Gasteiger partial charge in [0.25, 0.3) is 0 Å². The van der Waals surface area contributed by atoms with Crippen molar-refractivity contribution >= 4 is 11.9 Å². The highest BCUT2D eigenvalue weighted by Gasteiger charge is 2.47. The summed E-state index contributed by atoms with van der Waals surface area (Å²) in [6, 6.07) is 7.92. The number of nitrogens with one attached hydrogen (secondary N) is 3. The molecule has 3 amide bonds. The van der Waals surface area contributed by atoms with Gasteiger partial charge in [-0.1, -0.05) is 43.5 Å². The topological polar surface area (TPSA) is 70.2 Å². The van der Waals surface area contributed by atoms with Gasteiger partial charge in [0.05, 0.1) is 6.04 Å². The predicted molar refractivity (Wildman–Crippen MR) is 96.1 cm³/mol. The number of rotatable bonds is 2. The Balaban J connectivity index is 1.51. The molecule has 1 aromatic rings. The Morgan fingerprint density at radius 3 is 2.68 bits per heavy atom. The highest BCUT2D eigenvalue weighted by molar-refractivity contribution is 5.87. The zero-order chi connectivity index (χ0) is 17.3. The molecule has 2 fully saturated rings. The number of hydrogen-bond acceptors (Lipinski definition) is 2. The van der Waals surface area contributed by atoms with Gasteiger partial charge in [0.2, 0.25) is 5.91 Å². The summed E-state index contributed by atoms with van der Waals surface area (Å²) in [5, 5.41) is 8.94. The molecule has 3 aliphatic rings. The van der Waals surface area contributed by atoms with E-state index in [-0.39, 0.29) is 23.4 Å². The maximum Gasteiger partial charge on any atom is 0.315 e. The molecular formula is C20H27N3O2. The van der Waals surface area contributed by atoms with Crippen LogP contribution >= 0.6 is 0 Å². The van der Waals surface area contributed by atoms with E-state index in [1.807, 2.05) is 0 Å². The minimum absolute atomic E-state index is 0.0515. The maximum atomic E-state index is 12.6. The van der Waals surface area contributed by atoms with Crippen molar-refractivity contribution in [1.29, 1.82) is 0 Å². The van der Waals surface area contributed by atoms with Gasteiger partial charge in [-0.15, -0.1) is 0 Å². The van der Waals surface area contributed by atoms with E-state index in [9.17, 15) is 9.59 Å². The average Bonchev–Trinajstić information content (AvgIpc) is 2.91. The Labute approximate surface area is 148 Å². The minimum atomic E-state index is -0.410. The van der Waals surface area contributed by atoms with Crippen molar-refractivity contribution in [2.75, 3.05) is 6.54 Å². The summed E-state index contributed by atoms with van der Waals surface area (Å²) < 4.78 is 0. The number of fused-ring (bicyclic) bond motifs is 1. The molecule has 2 unspecified atom stereocenters. The third-order valence-electron chi connectivity index (χ3n) is 6.24. The quantitative estimate of drug-likeness (QED) is 0.774. The monoisotopic (exact) mass is 341 g/mol. The molecule has 1 heterocycles. The molecule has 0 radical (unpaired) electrons. The van der Waals surface area contributed by atoms with Crippen LogP contribution in [0, 0.1) is 5.41 Å². The van der Waals surface area contributed by atoms with Crippen LogP contribution < -0.4 is 16.0 Å². The smallest absolute Gasteiger partial charge is 0.315 e. The Hall–Kier alpha value is -2.04. The van der Waals surface area contributed by atoms with Crippen LogP contribution in [0.1, 0.15) is 62.1 Å². The summed E-state index contributed by atoms with van der Waals surface area (Å²) in [5.41, 5.74) is 2.77. The van der Waals surface area contributed by atoms with Crippen LogP contribution in [0.2, 0.25) is 0 Å². The van der Waals surface area contributed by atoms with Gasteiger partial charge < -0.3 is 16.0 Å². The van der Waals surface area contributed by atoms with Gasteiger partial charge in [-0.25, -0.2) is 4.79 Å². The van der Waals surface area contributed by atoms with Crippen LogP contribution in [0.25, 0.3) is 0 Å². The van der Waals surface area contributed by atoms with E-state index in [0.717, 1.165) is 25.7 Å². The molecule has 5 nitrogen and oxygen atoms in total. The van der Waals surface area contributed by atoms with Crippen molar-refractivity contribution in [1.82, 2.24) is 16.0 Å². The third-order valence-corrected chi connectivity index (χ3v) is 6.24. The molecule has 4 rings (SSSR count). The van der Waals surface area contributed by atoms with E-state index >= 15 is 0 Å². The van der Waals surface area contributed by atoms with E-state index in [0.29, 0.717) is 13.0 Å². The fourth-order valence-corrected chi connectivity index (χ4v) is 4.98. The Morgan fingerprint density at radius 2 is 1.88 bits per heavy atom. The van der Waals surface area contributed by atoms with E-state index in [1.165, 1.54) is 30.4 Å². The van der Waals surface area contributed by atoms with Gasteiger partial charge in [0.1, 0.15) is 6.04 Å². The number of hydrogen-bond donors (Lipinski definition) is 3.